The molecule has 4 rings (SSSR count). The smallest absolute Gasteiger partial charge is 0.121 e. The second kappa shape index (κ2) is 8.04. The van der Waals surface area contributed by atoms with Crippen molar-refractivity contribution in [2.45, 2.75) is 26.4 Å². The maximum absolute atomic E-state index is 5.32. The number of halogens is 2. The maximum atomic E-state index is 5.32. The topological polar surface area (TPSA) is 52.0 Å². The number of nitrogens with one attached hydrogen (secondary N) is 1. The number of fused-ring (bicyclic) bond motifs is 2. The Morgan fingerprint density at radius 3 is 2.76 bits per heavy atom. The van der Waals surface area contributed by atoms with E-state index in [2.05, 4.69) is 35.1 Å². The van der Waals surface area contributed by atoms with Crippen LogP contribution in [0.1, 0.15) is 17.7 Å². The minimum absolute atomic E-state index is 0. The Kier molecular flexibility index (Phi) is 6.27. The summed E-state index contributed by atoms with van der Waals surface area (Å²) in [6.45, 7) is 4.99. The van der Waals surface area contributed by atoms with Gasteiger partial charge in [0.15, 0.2) is 0 Å². The first kappa shape index (κ1) is 19.5. The summed E-state index contributed by atoms with van der Waals surface area (Å²) in [7, 11) is 1.68. The van der Waals surface area contributed by atoms with Gasteiger partial charge in [-0.3, -0.25) is 4.68 Å². The predicted octanol–water partition coefficient (Wildman–Crippen LogP) is 3.75. The zero-order valence-corrected chi connectivity index (χ0v) is 15.9. The Balaban J connectivity index is 0.00000113. The van der Waals surface area contributed by atoms with Crippen LogP contribution in [0.2, 0.25) is 0 Å². The summed E-state index contributed by atoms with van der Waals surface area (Å²) in [6.07, 6.45) is 1.11. The number of methoxy groups -OCH3 is 1. The summed E-state index contributed by atoms with van der Waals surface area (Å²) < 4.78 is 7.42. The van der Waals surface area contributed by atoms with E-state index in [9.17, 15) is 0 Å². The van der Waals surface area contributed by atoms with E-state index < -0.39 is 0 Å². The molecule has 0 radical (unpaired) electrons. The van der Waals surface area contributed by atoms with E-state index >= 15 is 0 Å². The molecule has 1 aliphatic rings. The molecule has 0 saturated heterocycles. The molecule has 5 nitrogen and oxygen atoms in total. The molecule has 3 heterocycles. The highest BCUT2D eigenvalue weighted by Gasteiger charge is 2.14. The second-order valence-electron chi connectivity index (χ2n) is 5.98. The van der Waals surface area contributed by atoms with Crippen LogP contribution in [-0.2, 0) is 13.1 Å². The molecule has 0 fully saturated rings. The van der Waals surface area contributed by atoms with Crippen LogP contribution in [0.5, 0.6) is 5.75 Å². The number of ether oxygens (including phenoxy) is 1. The van der Waals surface area contributed by atoms with Crippen LogP contribution in [0.3, 0.4) is 0 Å². The van der Waals surface area contributed by atoms with Crippen molar-refractivity contribution in [2.24, 2.45) is 0 Å². The lowest BCUT2D eigenvalue weighted by molar-refractivity contribution is 0.415. The molecule has 25 heavy (non-hydrogen) atoms. The molecule has 134 valence electrons. The molecule has 1 aromatic carbocycles. The first-order valence-electron chi connectivity index (χ1n) is 7.98. The van der Waals surface area contributed by atoms with E-state index in [0.717, 1.165) is 54.1 Å². The fourth-order valence-electron chi connectivity index (χ4n) is 3.13. The van der Waals surface area contributed by atoms with Crippen molar-refractivity contribution < 1.29 is 4.74 Å². The summed E-state index contributed by atoms with van der Waals surface area (Å²) in [6, 6.07) is 10.3. The van der Waals surface area contributed by atoms with Crippen molar-refractivity contribution in [1.82, 2.24) is 20.1 Å². The number of benzene rings is 1. The van der Waals surface area contributed by atoms with E-state index in [4.69, 9.17) is 14.8 Å². The van der Waals surface area contributed by atoms with Gasteiger partial charge >= 0.3 is 0 Å². The first-order chi connectivity index (χ1) is 11.2. The Bertz CT molecular complexity index is 855. The highest BCUT2D eigenvalue weighted by Crippen LogP contribution is 2.27. The quantitative estimate of drug-likeness (QED) is 0.735. The highest BCUT2D eigenvalue weighted by molar-refractivity contribution is 5.86. The number of aryl methyl sites for hydroxylation is 2. The summed E-state index contributed by atoms with van der Waals surface area (Å²) in [5.41, 5.74) is 5.23. The normalized spacial score (nSPS) is 13.4. The lowest BCUT2D eigenvalue weighted by Crippen LogP contribution is -2.11. The summed E-state index contributed by atoms with van der Waals surface area (Å²) in [5, 5.41) is 9.33. The van der Waals surface area contributed by atoms with E-state index in [1.807, 2.05) is 12.1 Å². The Morgan fingerprint density at radius 2 is 1.96 bits per heavy atom. The van der Waals surface area contributed by atoms with Gasteiger partial charge in [0.05, 0.1) is 24.0 Å². The number of nitrogens with zero attached hydrogens (tertiary/aromatic N) is 3. The largest absolute Gasteiger partial charge is 0.497 e. The van der Waals surface area contributed by atoms with E-state index in [1.54, 1.807) is 7.11 Å². The zero-order chi connectivity index (χ0) is 15.8. The van der Waals surface area contributed by atoms with Crippen LogP contribution in [0, 0.1) is 6.92 Å². The third-order valence-electron chi connectivity index (χ3n) is 4.38. The molecule has 0 bridgehead atoms. The van der Waals surface area contributed by atoms with Crippen molar-refractivity contribution in [3.8, 4) is 17.1 Å². The molecule has 3 aromatic rings. The van der Waals surface area contributed by atoms with Crippen LogP contribution < -0.4 is 10.1 Å². The third-order valence-corrected chi connectivity index (χ3v) is 4.38. The number of hydrogen-bond donors (Lipinski definition) is 1. The van der Waals surface area contributed by atoms with Crippen LogP contribution in [0.4, 0.5) is 0 Å². The third kappa shape index (κ3) is 3.73. The Morgan fingerprint density at radius 1 is 1.12 bits per heavy atom. The molecule has 0 unspecified atom stereocenters. The zero-order valence-electron chi connectivity index (χ0n) is 14.3. The number of pyridine rings is 1. The Labute approximate surface area is 159 Å². The van der Waals surface area contributed by atoms with Crippen LogP contribution >= 0.6 is 24.8 Å². The standard InChI is InChI=1S/C18H20N4O.2ClH/c1-12-8-17(20-16-10-14(23-2)4-5-15(12)16)18-9-13-11-19-6-3-7-22(13)21-18;;/h4-5,8-10,19H,3,6-7,11H2,1-2H3;2*1H. The summed E-state index contributed by atoms with van der Waals surface area (Å²) >= 11 is 0. The SMILES string of the molecule is COc1ccc2c(C)cc(-c3cc4n(n3)CCCNC4)nc2c1.Cl.Cl. The van der Waals surface area contributed by atoms with Gasteiger partial charge in [-0.25, -0.2) is 4.98 Å². The molecular weight excluding hydrogens is 359 g/mol. The number of hydrogen-bond acceptors (Lipinski definition) is 4. The van der Waals surface area contributed by atoms with Crippen molar-refractivity contribution in [3.63, 3.8) is 0 Å². The van der Waals surface area contributed by atoms with Crippen LogP contribution in [-0.4, -0.2) is 28.4 Å². The maximum Gasteiger partial charge on any atom is 0.121 e. The van der Waals surface area contributed by atoms with Crippen molar-refractivity contribution in [3.05, 3.63) is 41.6 Å². The first-order valence-corrected chi connectivity index (χ1v) is 7.98. The lowest BCUT2D eigenvalue weighted by atomic mass is 10.1. The number of aromatic nitrogens is 3. The van der Waals surface area contributed by atoms with Gasteiger partial charge in [-0.05, 0) is 49.7 Å². The predicted molar refractivity (Wildman–Crippen MR) is 105 cm³/mol. The molecule has 0 atom stereocenters. The van der Waals surface area contributed by atoms with E-state index in [0.29, 0.717) is 0 Å². The summed E-state index contributed by atoms with van der Waals surface area (Å²) in [4.78, 5) is 4.81. The van der Waals surface area contributed by atoms with Crippen LogP contribution in [0.15, 0.2) is 30.3 Å². The number of rotatable bonds is 2. The van der Waals surface area contributed by atoms with Gasteiger partial charge in [0.2, 0.25) is 0 Å². The van der Waals surface area contributed by atoms with Gasteiger partial charge in [0, 0.05) is 24.5 Å². The average Bonchev–Trinajstić information content (AvgIpc) is 2.85. The molecule has 1 aliphatic heterocycles. The van der Waals surface area contributed by atoms with Crippen molar-refractivity contribution in [1.29, 1.82) is 0 Å². The highest BCUT2D eigenvalue weighted by atomic mass is 35.5. The van der Waals surface area contributed by atoms with Gasteiger partial charge in [-0.15, -0.1) is 24.8 Å². The molecule has 0 spiro atoms. The van der Waals surface area contributed by atoms with Gasteiger partial charge in [0.1, 0.15) is 11.4 Å². The molecule has 7 heteroatoms. The Hall–Kier alpha value is -1.82. The fraction of sp³-hybridized carbons (Fsp3) is 0.333. The van der Waals surface area contributed by atoms with Gasteiger partial charge in [-0.2, -0.15) is 5.10 Å². The molecule has 0 amide bonds. The minimum atomic E-state index is 0. The monoisotopic (exact) mass is 380 g/mol. The molecule has 0 saturated carbocycles. The second-order valence-corrected chi connectivity index (χ2v) is 5.98. The van der Waals surface area contributed by atoms with Crippen molar-refractivity contribution >= 4 is 35.7 Å². The van der Waals surface area contributed by atoms with Gasteiger partial charge < -0.3 is 10.1 Å². The minimum Gasteiger partial charge on any atom is -0.497 e. The summed E-state index contributed by atoms with van der Waals surface area (Å²) in [5.74, 6) is 0.825. The fourth-order valence-corrected chi connectivity index (χ4v) is 3.13. The molecular formula is C18H22Cl2N4O. The van der Waals surface area contributed by atoms with E-state index in [-0.39, 0.29) is 24.8 Å². The average molecular weight is 381 g/mol. The van der Waals surface area contributed by atoms with E-state index in [1.165, 1.54) is 11.3 Å². The molecule has 0 aliphatic carbocycles. The molecule has 2 aromatic heterocycles. The lowest BCUT2D eigenvalue weighted by Gasteiger charge is -2.07. The van der Waals surface area contributed by atoms with Gasteiger partial charge in [0.25, 0.3) is 0 Å². The molecule has 1 N–H and O–H groups in total. The van der Waals surface area contributed by atoms with Gasteiger partial charge in [-0.1, -0.05) is 0 Å². The van der Waals surface area contributed by atoms with Crippen molar-refractivity contribution in [2.75, 3.05) is 13.7 Å². The van der Waals surface area contributed by atoms with Crippen LogP contribution in [0.25, 0.3) is 22.3 Å².